The number of guanidine groups is 1. The molecule has 1 fully saturated rings. The molecule has 0 amide bonds. The molecule has 7 heteroatoms. The van der Waals surface area contributed by atoms with E-state index in [9.17, 15) is 4.79 Å². The Morgan fingerprint density at radius 2 is 1.76 bits per heavy atom. The van der Waals surface area contributed by atoms with Crippen LogP contribution in [0.1, 0.15) is 59.8 Å². The maximum absolute atomic E-state index is 11.7. The molecule has 0 radical (unpaired) electrons. The van der Waals surface area contributed by atoms with E-state index in [1.807, 2.05) is 27.7 Å². The van der Waals surface area contributed by atoms with E-state index >= 15 is 0 Å². The Balaban J connectivity index is 0.00000576. The minimum absolute atomic E-state index is 0. The smallest absolute Gasteiger partial charge is 0.328 e. The SMILES string of the molecule is CCNC(=NCC(=O)OC(C)(C)C)NCCCN1CCCCCC1.I. The fourth-order valence-corrected chi connectivity index (χ4v) is 2.73. The van der Waals surface area contributed by atoms with E-state index < -0.39 is 5.60 Å². The van der Waals surface area contributed by atoms with Crippen molar-refractivity contribution >= 4 is 35.9 Å². The number of esters is 1. The lowest BCUT2D eigenvalue weighted by atomic mass is 10.2. The Kier molecular flexibility index (Phi) is 13.3. The van der Waals surface area contributed by atoms with Crippen molar-refractivity contribution < 1.29 is 9.53 Å². The number of hydrogen-bond donors (Lipinski definition) is 2. The van der Waals surface area contributed by atoms with Gasteiger partial charge in [-0.3, -0.25) is 4.79 Å². The van der Waals surface area contributed by atoms with E-state index in [0.29, 0.717) is 5.96 Å². The number of halogens is 1. The van der Waals surface area contributed by atoms with Gasteiger partial charge in [-0.25, -0.2) is 4.99 Å². The van der Waals surface area contributed by atoms with Crippen LogP contribution in [0.5, 0.6) is 0 Å². The number of aliphatic imine (C=N–C) groups is 1. The van der Waals surface area contributed by atoms with Crippen molar-refractivity contribution in [1.82, 2.24) is 15.5 Å². The lowest BCUT2D eigenvalue weighted by molar-refractivity contribution is -0.152. The van der Waals surface area contributed by atoms with E-state index in [0.717, 1.165) is 26.1 Å². The summed E-state index contributed by atoms with van der Waals surface area (Å²) in [6.07, 6.45) is 6.48. The molecule has 0 atom stereocenters. The van der Waals surface area contributed by atoms with Crippen LogP contribution in [0.2, 0.25) is 0 Å². The second-order valence-electron chi connectivity index (χ2n) is 7.32. The Morgan fingerprint density at radius 1 is 1.12 bits per heavy atom. The molecule has 0 aromatic carbocycles. The number of ether oxygens (including phenoxy) is 1. The van der Waals surface area contributed by atoms with Crippen LogP contribution in [0.15, 0.2) is 4.99 Å². The molecule has 0 aliphatic carbocycles. The first kappa shape index (κ1) is 24.4. The van der Waals surface area contributed by atoms with Gasteiger partial charge in [-0.05, 0) is 66.6 Å². The number of hydrogen-bond acceptors (Lipinski definition) is 4. The van der Waals surface area contributed by atoms with Gasteiger partial charge in [0.15, 0.2) is 5.96 Å². The van der Waals surface area contributed by atoms with Crippen LogP contribution in [-0.2, 0) is 9.53 Å². The van der Waals surface area contributed by atoms with Gasteiger partial charge in [0.2, 0.25) is 0 Å². The fourth-order valence-electron chi connectivity index (χ4n) is 2.73. The Bertz CT molecular complexity index is 389. The lowest BCUT2D eigenvalue weighted by Gasteiger charge is -2.20. The number of likely N-dealkylation sites (tertiary alicyclic amines) is 1. The normalized spacial score (nSPS) is 16.6. The topological polar surface area (TPSA) is 66.0 Å². The zero-order chi connectivity index (χ0) is 17.8. The van der Waals surface area contributed by atoms with Gasteiger partial charge < -0.3 is 20.3 Å². The maximum Gasteiger partial charge on any atom is 0.328 e. The molecule has 0 unspecified atom stereocenters. The summed E-state index contributed by atoms with van der Waals surface area (Å²) in [6.45, 7) is 12.9. The number of carbonyl (C=O) groups is 1. The minimum atomic E-state index is -0.467. The Morgan fingerprint density at radius 3 is 2.32 bits per heavy atom. The Hall–Kier alpha value is -0.570. The van der Waals surface area contributed by atoms with Crippen molar-refractivity contribution in [3.63, 3.8) is 0 Å². The zero-order valence-corrected chi connectivity index (χ0v) is 18.7. The second-order valence-corrected chi connectivity index (χ2v) is 7.32. The number of carbonyl (C=O) groups excluding carboxylic acids is 1. The Labute approximate surface area is 170 Å². The third kappa shape index (κ3) is 13.3. The molecule has 0 spiro atoms. The summed E-state index contributed by atoms with van der Waals surface area (Å²) in [7, 11) is 0. The molecule has 0 saturated carbocycles. The summed E-state index contributed by atoms with van der Waals surface area (Å²) >= 11 is 0. The van der Waals surface area contributed by atoms with Crippen LogP contribution < -0.4 is 10.6 Å². The van der Waals surface area contributed by atoms with Crippen molar-refractivity contribution in [3.05, 3.63) is 0 Å². The predicted octanol–water partition coefficient (Wildman–Crippen LogP) is 2.77. The predicted molar refractivity (Wildman–Crippen MR) is 115 cm³/mol. The van der Waals surface area contributed by atoms with Crippen molar-refractivity contribution in [1.29, 1.82) is 0 Å². The number of rotatable bonds is 7. The van der Waals surface area contributed by atoms with Gasteiger partial charge in [-0.1, -0.05) is 12.8 Å². The van der Waals surface area contributed by atoms with Gasteiger partial charge in [-0.2, -0.15) is 0 Å². The zero-order valence-electron chi connectivity index (χ0n) is 16.4. The van der Waals surface area contributed by atoms with Gasteiger partial charge >= 0.3 is 5.97 Å². The molecule has 1 aliphatic heterocycles. The first-order chi connectivity index (χ1) is 11.4. The van der Waals surface area contributed by atoms with Crippen LogP contribution in [-0.4, -0.2) is 61.7 Å². The highest BCUT2D eigenvalue weighted by molar-refractivity contribution is 14.0. The van der Waals surface area contributed by atoms with E-state index in [1.54, 1.807) is 0 Å². The third-order valence-corrected chi connectivity index (χ3v) is 3.77. The van der Waals surface area contributed by atoms with Crippen LogP contribution >= 0.6 is 24.0 Å². The van der Waals surface area contributed by atoms with Crippen LogP contribution in [0.25, 0.3) is 0 Å². The maximum atomic E-state index is 11.7. The quantitative estimate of drug-likeness (QED) is 0.198. The molecule has 1 aliphatic rings. The van der Waals surface area contributed by atoms with E-state index in [-0.39, 0.29) is 36.5 Å². The van der Waals surface area contributed by atoms with Crippen LogP contribution in [0.3, 0.4) is 0 Å². The van der Waals surface area contributed by atoms with Gasteiger partial charge in [0.05, 0.1) is 0 Å². The largest absolute Gasteiger partial charge is 0.459 e. The number of nitrogens with one attached hydrogen (secondary N) is 2. The monoisotopic (exact) mass is 468 g/mol. The molecule has 0 aromatic rings. The average Bonchev–Trinajstić information content (AvgIpc) is 2.76. The molecule has 2 N–H and O–H groups in total. The summed E-state index contributed by atoms with van der Waals surface area (Å²) < 4.78 is 5.27. The van der Waals surface area contributed by atoms with E-state index in [2.05, 4.69) is 20.5 Å². The van der Waals surface area contributed by atoms with E-state index in [4.69, 9.17) is 4.74 Å². The first-order valence-electron chi connectivity index (χ1n) is 9.37. The summed E-state index contributed by atoms with van der Waals surface area (Å²) in [5.74, 6) is 0.378. The molecular weight excluding hydrogens is 431 g/mol. The van der Waals surface area contributed by atoms with Gasteiger partial charge in [0, 0.05) is 13.1 Å². The highest BCUT2D eigenvalue weighted by Gasteiger charge is 2.15. The highest BCUT2D eigenvalue weighted by Crippen LogP contribution is 2.09. The molecule has 148 valence electrons. The molecule has 1 saturated heterocycles. The van der Waals surface area contributed by atoms with E-state index in [1.165, 1.54) is 38.8 Å². The van der Waals surface area contributed by atoms with Crippen molar-refractivity contribution in [2.75, 3.05) is 39.3 Å². The van der Waals surface area contributed by atoms with Crippen molar-refractivity contribution in [2.45, 2.75) is 65.4 Å². The van der Waals surface area contributed by atoms with Crippen LogP contribution in [0, 0.1) is 0 Å². The van der Waals surface area contributed by atoms with Crippen molar-refractivity contribution in [3.8, 4) is 0 Å². The molecule has 0 bridgehead atoms. The molecule has 1 rings (SSSR count). The van der Waals surface area contributed by atoms with Crippen molar-refractivity contribution in [2.24, 2.45) is 4.99 Å². The van der Waals surface area contributed by atoms with Gasteiger partial charge in [-0.15, -0.1) is 24.0 Å². The van der Waals surface area contributed by atoms with Gasteiger partial charge in [0.25, 0.3) is 0 Å². The molecule has 25 heavy (non-hydrogen) atoms. The molecule has 1 heterocycles. The fraction of sp³-hybridized carbons (Fsp3) is 0.889. The summed E-state index contributed by atoms with van der Waals surface area (Å²) in [6, 6.07) is 0. The van der Waals surface area contributed by atoms with Crippen LogP contribution in [0.4, 0.5) is 0 Å². The highest BCUT2D eigenvalue weighted by atomic mass is 127. The summed E-state index contributed by atoms with van der Waals surface area (Å²) in [5, 5.41) is 6.47. The first-order valence-corrected chi connectivity index (χ1v) is 9.37. The minimum Gasteiger partial charge on any atom is -0.459 e. The molecule has 6 nitrogen and oxygen atoms in total. The average molecular weight is 468 g/mol. The lowest BCUT2D eigenvalue weighted by Crippen LogP contribution is -2.39. The number of nitrogens with zero attached hydrogens (tertiary/aromatic N) is 2. The summed E-state index contributed by atoms with van der Waals surface area (Å²) in [4.78, 5) is 18.6. The molecule has 0 aromatic heterocycles. The van der Waals surface area contributed by atoms with Gasteiger partial charge in [0.1, 0.15) is 12.1 Å². The summed E-state index contributed by atoms with van der Waals surface area (Å²) in [5.41, 5.74) is -0.467. The second kappa shape index (κ2) is 13.6. The standard InChI is InChI=1S/C18H36N4O2.HI/c1-5-19-17(21-15-16(23)24-18(2,3)4)20-11-10-14-22-12-8-6-7-9-13-22;/h5-15H2,1-4H3,(H2,19,20,21);1H. The third-order valence-electron chi connectivity index (χ3n) is 3.77. The molecular formula is C18H37IN4O2.